The summed E-state index contributed by atoms with van der Waals surface area (Å²) in [6, 6.07) is 20.8. The molecule has 3 rings (SSSR count). The highest BCUT2D eigenvalue weighted by atomic mass is 16.6. The standard InChI is InChI=1S/C23H23N3O5/c1-2-30-22-14-17(15-24-18-9-11-20(12-10-18)26(28)29)8-13-21(22)31-16-23(27)25-19-6-4-3-5-7-19/h3-14,24H,2,15-16H2,1H3,(H,25,27). The molecule has 2 N–H and O–H groups in total. The lowest BCUT2D eigenvalue weighted by molar-refractivity contribution is -0.384. The zero-order chi connectivity index (χ0) is 22.1. The lowest BCUT2D eigenvalue weighted by atomic mass is 10.2. The topological polar surface area (TPSA) is 103 Å². The van der Waals surface area contributed by atoms with E-state index >= 15 is 0 Å². The number of nitro benzene ring substituents is 1. The van der Waals surface area contributed by atoms with Crippen LogP contribution in [-0.2, 0) is 11.3 Å². The first-order valence-corrected chi connectivity index (χ1v) is 9.77. The van der Waals surface area contributed by atoms with E-state index in [9.17, 15) is 14.9 Å². The molecule has 0 atom stereocenters. The number of para-hydroxylation sites is 1. The number of benzene rings is 3. The number of rotatable bonds is 10. The molecular formula is C23H23N3O5. The zero-order valence-electron chi connectivity index (χ0n) is 17.0. The number of carbonyl (C=O) groups is 1. The fourth-order valence-electron chi connectivity index (χ4n) is 2.82. The van der Waals surface area contributed by atoms with Crippen molar-refractivity contribution in [2.45, 2.75) is 13.5 Å². The van der Waals surface area contributed by atoms with Crippen LogP contribution in [0.4, 0.5) is 17.1 Å². The number of ether oxygens (including phenoxy) is 2. The molecule has 3 aromatic rings. The number of nitro groups is 1. The molecule has 0 saturated heterocycles. The van der Waals surface area contributed by atoms with Gasteiger partial charge in [-0.3, -0.25) is 14.9 Å². The van der Waals surface area contributed by atoms with E-state index in [0.29, 0.717) is 30.3 Å². The third kappa shape index (κ3) is 6.46. The SMILES string of the molecule is CCOc1cc(CNc2ccc([N+](=O)[O-])cc2)ccc1OCC(=O)Nc1ccccc1. The molecule has 0 fully saturated rings. The van der Waals surface area contributed by atoms with Gasteiger partial charge in [-0.15, -0.1) is 0 Å². The maximum atomic E-state index is 12.1. The molecule has 8 heteroatoms. The minimum atomic E-state index is -0.434. The second kappa shape index (κ2) is 10.6. The van der Waals surface area contributed by atoms with Gasteiger partial charge in [0.05, 0.1) is 11.5 Å². The number of amides is 1. The predicted molar refractivity (Wildman–Crippen MR) is 119 cm³/mol. The van der Waals surface area contributed by atoms with E-state index in [2.05, 4.69) is 10.6 Å². The highest BCUT2D eigenvalue weighted by Crippen LogP contribution is 2.29. The highest BCUT2D eigenvalue weighted by molar-refractivity contribution is 5.91. The number of nitrogens with one attached hydrogen (secondary N) is 2. The Kier molecular flexibility index (Phi) is 7.42. The summed E-state index contributed by atoms with van der Waals surface area (Å²) < 4.78 is 11.3. The van der Waals surface area contributed by atoms with Gasteiger partial charge >= 0.3 is 0 Å². The summed E-state index contributed by atoms with van der Waals surface area (Å²) in [5.41, 5.74) is 2.44. The van der Waals surface area contributed by atoms with Crippen molar-refractivity contribution < 1.29 is 19.2 Å². The van der Waals surface area contributed by atoms with Crippen LogP contribution in [0, 0.1) is 10.1 Å². The summed E-state index contributed by atoms with van der Waals surface area (Å²) in [7, 11) is 0. The average Bonchev–Trinajstić information content (AvgIpc) is 2.78. The maximum Gasteiger partial charge on any atom is 0.269 e. The Morgan fingerprint density at radius 1 is 0.935 bits per heavy atom. The fraction of sp³-hybridized carbons (Fsp3) is 0.174. The zero-order valence-corrected chi connectivity index (χ0v) is 17.0. The lowest BCUT2D eigenvalue weighted by Gasteiger charge is -2.14. The van der Waals surface area contributed by atoms with Gasteiger partial charge in [0, 0.05) is 30.1 Å². The van der Waals surface area contributed by atoms with Crippen molar-refractivity contribution in [1.29, 1.82) is 0 Å². The molecule has 0 saturated carbocycles. The second-order valence-corrected chi connectivity index (χ2v) is 6.57. The van der Waals surface area contributed by atoms with Gasteiger partial charge in [0.2, 0.25) is 0 Å². The predicted octanol–water partition coefficient (Wildman–Crippen LogP) is 4.62. The fourth-order valence-corrected chi connectivity index (χ4v) is 2.82. The molecule has 160 valence electrons. The minimum Gasteiger partial charge on any atom is -0.490 e. The Morgan fingerprint density at radius 3 is 2.35 bits per heavy atom. The molecule has 31 heavy (non-hydrogen) atoms. The van der Waals surface area contributed by atoms with Crippen LogP contribution in [-0.4, -0.2) is 24.0 Å². The van der Waals surface area contributed by atoms with Crippen LogP contribution < -0.4 is 20.1 Å². The van der Waals surface area contributed by atoms with Gasteiger partial charge in [-0.05, 0) is 48.9 Å². The first-order chi connectivity index (χ1) is 15.0. The molecule has 0 spiro atoms. The monoisotopic (exact) mass is 421 g/mol. The molecule has 0 aromatic heterocycles. The van der Waals surface area contributed by atoms with Crippen LogP contribution in [0.1, 0.15) is 12.5 Å². The van der Waals surface area contributed by atoms with E-state index in [1.807, 2.05) is 37.3 Å². The van der Waals surface area contributed by atoms with E-state index in [1.165, 1.54) is 12.1 Å². The van der Waals surface area contributed by atoms with E-state index < -0.39 is 4.92 Å². The normalized spacial score (nSPS) is 10.2. The summed E-state index contributed by atoms with van der Waals surface area (Å²) in [5.74, 6) is 0.750. The molecule has 0 unspecified atom stereocenters. The van der Waals surface area contributed by atoms with Crippen molar-refractivity contribution >= 4 is 23.0 Å². The first kappa shape index (κ1) is 21.6. The molecule has 3 aromatic carbocycles. The van der Waals surface area contributed by atoms with Gasteiger partial charge in [0.25, 0.3) is 11.6 Å². The van der Waals surface area contributed by atoms with Gasteiger partial charge in [-0.25, -0.2) is 0 Å². The molecule has 0 aliphatic carbocycles. The molecule has 0 heterocycles. The van der Waals surface area contributed by atoms with Crippen LogP contribution in [0.15, 0.2) is 72.8 Å². The third-order valence-electron chi connectivity index (χ3n) is 4.30. The lowest BCUT2D eigenvalue weighted by Crippen LogP contribution is -2.20. The van der Waals surface area contributed by atoms with E-state index in [1.54, 1.807) is 30.3 Å². The number of anilines is 2. The minimum absolute atomic E-state index is 0.0435. The molecule has 8 nitrogen and oxygen atoms in total. The summed E-state index contributed by atoms with van der Waals surface area (Å²) in [4.78, 5) is 22.4. The maximum absolute atomic E-state index is 12.1. The van der Waals surface area contributed by atoms with Crippen LogP contribution in [0.2, 0.25) is 0 Å². The second-order valence-electron chi connectivity index (χ2n) is 6.57. The van der Waals surface area contributed by atoms with Crippen LogP contribution in [0.5, 0.6) is 11.5 Å². The van der Waals surface area contributed by atoms with Crippen molar-refractivity contribution in [2.75, 3.05) is 23.8 Å². The van der Waals surface area contributed by atoms with Gasteiger partial charge in [0.15, 0.2) is 18.1 Å². The van der Waals surface area contributed by atoms with Crippen molar-refractivity contribution in [3.8, 4) is 11.5 Å². The van der Waals surface area contributed by atoms with E-state index in [-0.39, 0.29) is 18.2 Å². The number of carbonyl (C=O) groups excluding carboxylic acids is 1. The average molecular weight is 421 g/mol. The van der Waals surface area contributed by atoms with Gasteiger partial charge in [-0.2, -0.15) is 0 Å². The van der Waals surface area contributed by atoms with Crippen LogP contribution in [0.3, 0.4) is 0 Å². The summed E-state index contributed by atoms with van der Waals surface area (Å²) in [6.07, 6.45) is 0. The molecule has 1 amide bonds. The van der Waals surface area contributed by atoms with Crippen LogP contribution in [0.25, 0.3) is 0 Å². The first-order valence-electron chi connectivity index (χ1n) is 9.77. The summed E-state index contributed by atoms with van der Waals surface area (Å²) in [5, 5.41) is 16.7. The summed E-state index contributed by atoms with van der Waals surface area (Å²) in [6.45, 7) is 2.67. The number of hydrogen-bond donors (Lipinski definition) is 2. The quantitative estimate of drug-likeness (QED) is 0.366. The van der Waals surface area contributed by atoms with Gasteiger partial charge < -0.3 is 20.1 Å². The van der Waals surface area contributed by atoms with E-state index in [0.717, 1.165) is 11.3 Å². The Hall–Kier alpha value is -4.07. The van der Waals surface area contributed by atoms with E-state index in [4.69, 9.17) is 9.47 Å². The Balaban J connectivity index is 1.59. The van der Waals surface area contributed by atoms with Crippen LogP contribution >= 0.6 is 0 Å². The van der Waals surface area contributed by atoms with Gasteiger partial charge in [0.1, 0.15) is 0 Å². The number of non-ortho nitro benzene ring substituents is 1. The van der Waals surface area contributed by atoms with Crippen molar-refractivity contribution in [2.24, 2.45) is 0 Å². The Bertz CT molecular complexity index is 1020. The van der Waals surface area contributed by atoms with Crippen molar-refractivity contribution in [3.63, 3.8) is 0 Å². The molecule has 0 bridgehead atoms. The Morgan fingerprint density at radius 2 is 1.68 bits per heavy atom. The third-order valence-corrected chi connectivity index (χ3v) is 4.30. The molecule has 0 aliphatic rings. The largest absolute Gasteiger partial charge is 0.490 e. The number of nitrogens with zero attached hydrogens (tertiary/aromatic N) is 1. The van der Waals surface area contributed by atoms with Crippen molar-refractivity contribution in [1.82, 2.24) is 0 Å². The van der Waals surface area contributed by atoms with Crippen molar-refractivity contribution in [3.05, 3.63) is 88.5 Å². The summed E-state index contributed by atoms with van der Waals surface area (Å²) >= 11 is 0. The molecule has 0 aliphatic heterocycles. The highest BCUT2D eigenvalue weighted by Gasteiger charge is 2.10. The molecular weight excluding hydrogens is 398 g/mol. The smallest absolute Gasteiger partial charge is 0.269 e. The van der Waals surface area contributed by atoms with Gasteiger partial charge in [-0.1, -0.05) is 24.3 Å². The Labute approximate surface area is 180 Å². The number of hydrogen-bond acceptors (Lipinski definition) is 6. The molecule has 0 radical (unpaired) electrons.